The van der Waals surface area contributed by atoms with Crippen molar-refractivity contribution in [2.75, 3.05) is 19.7 Å². The first-order chi connectivity index (χ1) is 15.0. The smallest absolute Gasteiger partial charge is 0.319 e. The molecule has 2 heterocycles. The Kier molecular flexibility index (Phi) is 7.69. The summed E-state index contributed by atoms with van der Waals surface area (Å²) >= 11 is 0. The van der Waals surface area contributed by atoms with Crippen LogP contribution in [0.3, 0.4) is 0 Å². The van der Waals surface area contributed by atoms with E-state index in [1.54, 1.807) is 13.8 Å². The van der Waals surface area contributed by atoms with Gasteiger partial charge in [0, 0.05) is 30.3 Å². The van der Waals surface area contributed by atoms with E-state index in [4.69, 9.17) is 4.74 Å². The van der Waals surface area contributed by atoms with Gasteiger partial charge in [0.1, 0.15) is 0 Å². The zero-order valence-corrected chi connectivity index (χ0v) is 18.7. The fourth-order valence-electron chi connectivity index (χ4n) is 4.49. The van der Waals surface area contributed by atoms with Gasteiger partial charge in [0.2, 0.25) is 5.91 Å². The SMILES string of the molecule is CCOC(=O)CN[C@H](C)C(=O)N1CCC[C@H]1CCc1cc2ccc(C#N)cc2n1CC. The van der Waals surface area contributed by atoms with E-state index in [1.807, 2.05) is 23.1 Å². The Labute approximate surface area is 184 Å². The number of fused-ring (bicyclic) bond motifs is 1. The molecule has 0 aliphatic carbocycles. The van der Waals surface area contributed by atoms with Gasteiger partial charge in [-0.05, 0) is 70.0 Å². The number of likely N-dealkylation sites (tertiary alicyclic amines) is 1. The molecule has 31 heavy (non-hydrogen) atoms. The summed E-state index contributed by atoms with van der Waals surface area (Å²) in [6.45, 7) is 7.67. The van der Waals surface area contributed by atoms with Crippen LogP contribution in [0.25, 0.3) is 10.9 Å². The third-order valence-corrected chi connectivity index (χ3v) is 6.06. The number of nitrogens with zero attached hydrogens (tertiary/aromatic N) is 3. The van der Waals surface area contributed by atoms with Gasteiger partial charge in [-0.2, -0.15) is 5.26 Å². The molecule has 0 bridgehead atoms. The van der Waals surface area contributed by atoms with Crippen LogP contribution >= 0.6 is 0 Å². The van der Waals surface area contributed by atoms with Crippen molar-refractivity contribution in [3.05, 3.63) is 35.5 Å². The van der Waals surface area contributed by atoms with Crippen molar-refractivity contribution >= 4 is 22.8 Å². The number of aromatic nitrogens is 1. The quantitative estimate of drug-likeness (QED) is 0.625. The van der Waals surface area contributed by atoms with Crippen LogP contribution in [0.4, 0.5) is 0 Å². The summed E-state index contributed by atoms with van der Waals surface area (Å²) in [5, 5.41) is 13.3. The molecule has 1 fully saturated rings. The number of hydrogen-bond acceptors (Lipinski definition) is 5. The van der Waals surface area contributed by atoms with Crippen molar-refractivity contribution < 1.29 is 14.3 Å². The molecule has 0 spiro atoms. The van der Waals surface area contributed by atoms with Crippen LogP contribution in [0.5, 0.6) is 0 Å². The Morgan fingerprint density at radius 2 is 2.13 bits per heavy atom. The van der Waals surface area contributed by atoms with Gasteiger partial charge in [-0.25, -0.2) is 0 Å². The fraction of sp³-hybridized carbons (Fsp3) is 0.542. The van der Waals surface area contributed by atoms with E-state index >= 15 is 0 Å². The lowest BCUT2D eigenvalue weighted by molar-refractivity contribution is -0.142. The molecule has 1 aromatic carbocycles. The first-order valence-corrected chi connectivity index (χ1v) is 11.2. The highest BCUT2D eigenvalue weighted by molar-refractivity contribution is 5.83. The summed E-state index contributed by atoms with van der Waals surface area (Å²) in [6, 6.07) is 10.0. The molecular formula is C24H32N4O3. The molecule has 2 aromatic rings. The standard InChI is InChI=1S/C24H32N4O3/c1-4-27-21(14-19-9-8-18(15-25)13-22(19)27)11-10-20-7-6-12-28(20)24(30)17(3)26-16-23(29)31-5-2/h8-9,13-14,17,20,26H,4-7,10-12,16H2,1-3H3/t17-,20+/m1/s1. The number of carbonyl (C=O) groups excluding carboxylic acids is 2. The largest absolute Gasteiger partial charge is 0.465 e. The van der Waals surface area contributed by atoms with Crippen LogP contribution < -0.4 is 5.32 Å². The van der Waals surface area contributed by atoms with Gasteiger partial charge >= 0.3 is 5.97 Å². The zero-order chi connectivity index (χ0) is 22.4. The van der Waals surface area contributed by atoms with Crippen LogP contribution in [0.1, 0.15) is 51.3 Å². The molecule has 1 aromatic heterocycles. The maximum Gasteiger partial charge on any atom is 0.319 e. The molecule has 166 valence electrons. The summed E-state index contributed by atoms with van der Waals surface area (Å²) < 4.78 is 7.19. The minimum absolute atomic E-state index is 0.0422. The maximum atomic E-state index is 12.9. The Morgan fingerprint density at radius 1 is 1.32 bits per heavy atom. The predicted molar refractivity (Wildman–Crippen MR) is 119 cm³/mol. The van der Waals surface area contributed by atoms with E-state index in [0.717, 1.165) is 49.7 Å². The lowest BCUT2D eigenvalue weighted by Gasteiger charge is -2.28. The third kappa shape index (κ3) is 5.26. The molecule has 0 saturated carbocycles. The van der Waals surface area contributed by atoms with Gasteiger partial charge in [-0.15, -0.1) is 0 Å². The number of nitrogens with one attached hydrogen (secondary N) is 1. The van der Waals surface area contributed by atoms with Gasteiger partial charge in [0.05, 0.1) is 30.8 Å². The summed E-state index contributed by atoms with van der Waals surface area (Å²) in [6.07, 6.45) is 3.78. The minimum Gasteiger partial charge on any atom is -0.465 e. The summed E-state index contributed by atoms with van der Waals surface area (Å²) in [7, 11) is 0. The molecule has 7 nitrogen and oxygen atoms in total. The molecule has 1 amide bonds. The lowest BCUT2D eigenvalue weighted by Crippen LogP contribution is -2.48. The lowest BCUT2D eigenvalue weighted by atomic mass is 10.1. The fourth-order valence-corrected chi connectivity index (χ4v) is 4.49. The van der Waals surface area contributed by atoms with Crippen molar-refractivity contribution in [1.82, 2.24) is 14.8 Å². The number of benzene rings is 1. The topological polar surface area (TPSA) is 87.4 Å². The summed E-state index contributed by atoms with van der Waals surface area (Å²) in [5.74, 6) is -0.298. The van der Waals surface area contributed by atoms with Crippen LogP contribution in [-0.4, -0.2) is 53.1 Å². The second kappa shape index (κ2) is 10.5. The molecule has 7 heteroatoms. The van der Waals surface area contributed by atoms with E-state index in [0.29, 0.717) is 12.2 Å². The molecular weight excluding hydrogens is 392 g/mol. The number of carbonyl (C=O) groups is 2. The van der Waals surface area contributed by atoms with Crippen LogP contribution in [-0.2, 0) is 27.3 Å². The average molecular weight is 425 g/mol. The van der Waals surface area contributed by atoms with Gasteiger partial charge in [-0.1, -0.05) is 6.07 Å². The number of rotatable bonds is 9. The second-order valence-corrected chi connectivity index (χ2v) is 8.04. The van der Waals surface area contributed by atoms with Crippen molar-refractivity contribution in [1.29, 1.82) is 5.26 Å². The number of aryl methyl sites for hydroxylation is 2. The van der Waals surface area contributed by atoms with E-state index < -0.39 is 6.04 Å². The maximum absolute atomic E-state index is 12.9. The van der Waals surface area contributed by atoms with E-state index in [2.05, 4.69) is 28.9 Å². The van der Waals surface area contributed by atoms with Crippen LogP contribution in [0, 0.1) is 11.3 Å². The van der Waals surface area contributed by atoms with Crippen molar-refractivity contribution in [2.45, 2.75) is 65.1 Å². The Balaban J connectivity index is 1.64. The first kappa shape index (κ1) is 22.8. The number of hydrogen-bond donors (Lipinski definition) is 1. The van der Waals surface area contributed by atoms with Gasteiger partial charge in [0.15, 0.2) is 0 Å². The number of amides is 1. The molecule has 1 aliphatic heterocycles. The molecule has 0 unspecified atom stereocenters. The average Bonchev–Trinajstić information content (AvgIpc) is 3.38. The number of nitriles is 1. The monoisotopic (exact) mass is 424 g/mol. The van der Waals surface area contributed by atoms with Gasteiger partial charge in [-0.3, -0.25) is 14.9 Å². The number of esters is 1. The molecule has 2 atom stereocenters. The Bertz CT molecular complexity index is 975. The third-order valence-electron chi connectivity index (χ3n) is 6.06. The highest BCUT2D eigenvalue weighted by atomic mass is 16.5. The van der Waals surface area contributed by atoms with Crippen molar-refractivity contribution in [3.63, 3.8) is 0 Å². The summed E-state index contributed by atoms with van der Waals surface area (Å²) in [4.78, 5) is 26.5. The Morgan fingerprint density at radius 3 is 2.84 bits per heavy atom. The van der Waals surface area contributed by atoms with Gasteiger partial charge < -0.3 is 14.2 Å². The predicted octanol–water partition coefficient (Wildman–Crippen LogP) is 3.00. The van der Waals surface area contributed by atoms with E-state index in [9.17, 15) is 14.9 Å². The molecule has 1 N–H and O–H groups in total. The summed E-state index contributed by atoms with van der Waals surface area (Å²) in [5.41, 5.74) is 3.00. The molecule has 1 aliphatic rings. The zero-order valence-electron chi connectivity index (χ0n) is 18.7. The van der Waals surface area contributed by atoms with E-state index in [-0.39, 0.29) is 24.5 Å². The van der Waals surface area contributed by atoms with Crippen LogP contribution in [0.15, 0.2) is 24.3 Å². The molecule has 0 radical (unpaired) electrons. The molecule has 1 saturated heterocycles. The van der Waals surface area contributed by atoms with E-state index in [1.165, 1.54) is 5.69 Å². The number of ether oxygens (including phenoxy) is 1. The normalized spacial score (nSPS) is 17.0. The second-order valence-electron chi connectivity index (χ2n) is 8.04. The van der Waals surface area contributed by atoms with Crippen LogP contribution in [0.2, 0.25) is 0 Å². The highest BCUT2D eigenvalue weighted by Gasteiger charge is 2.31. The van der Waals surface area contributed by atoms with Crippen molar-refractivity contribution in [3.8, 4) is 6.07 Å². The first-order valence-electron chi connectivity index (χ1n) is 11.2. The Hall–Kier alpha value is -2.85. The minimum atomic E-state index is -0.420. The highest BCUT2D eigenvalue weighted by Crippen LogP contribution is 2.26. The molecule has 3 rings (SSSR count). The van der Waals surface area contributed by atoms with Crippen molar-refractivity contribution in [2.24, 2.45) is 0 Å². The van der Waals surface area contributed by atoms with Gasteiger partial charge in [0.25, 0.3) is 0 Å².